The minimum absolute atomic E-state index is 0.0193. The minimum atomic E-state index is -4.48. The Morgan fingerprint density at radius 1 is 1.06 bits per heavy atom. The number of hydrogen-bond acceptors (Lipinski definition) is 9. The van der Waals surface area contributed by atoms with E-state index in [0.29, 0.717) is 46.0 Å². The number of aromatic amines is 1. The van der Waals surface area contributed by atoms with Crippen molar-refractivity contribution in [2.75, 3.05) is 19.0 Å². The van der Waals surface area contributed by atoms with Crippen LogP contribution in [0.15, 0.2) is 70.1 Å². The number of aromatic nitrogens is 4. The van der Waals surface area contributed by atoms with Gasteiger partial charge < -0.3 is 15.0 Å². The Morgan fingerprint density at radius 2 is 1.92 bits per heavy atom. The molecule has 14 heteroatoms. The van der Waals surface area contributed by atoms with Crippen LogP contribution in [0.5, 0.6) is 5.75 Å². The maximum Gasteiger partial charge on any atom is 0.439 e. The van der Waals surface area contributed by atoms with E-state index in [1.807, 2.05) is 29.2 Å². The predicted octanol–water partition coefficient (Wildman–Crippen LogP) is 7.90. The molecular formula is C38H31F3N6O4S. The Kier molecular flexibility index (Phi) is 7.68. The third-order valence-electron chi connectivity index (χ3n) is 10.4. The molecule has 1 saturated heterocycles. The number of pyridine rings is 2. The lowest BCUT2D eigenvalue weighted by Crippen LogP contribution is -2.22. The minimum Gasteiger partial charge on any atom is -0.496 e. The van der Waals surface area contributed by atoms with Crippen LogP contribution in [0.4, 0.5) is 19.0 Å². The van der Waals surface area contributed by atoms with Crippen LogP contribution in [-0.4, -0.2) is 44.6 Å². The topological polar surface area (TPSA) is 126 Å². The highest BCUT2D eigenvalue weighted by Crippen LogP contribution is 2.50. The molecule has 2 atom stereocenters. The summed E-state index contributed by atoms with van der Waals surface area (Å²) >= 11 is 1.47. The van der Waals surface area contributed by atoms with Crippen LogP contribution in [-0.2, 0) is 25.4 Å². The van der Waals surface area contributed by atoms with Gasteiger partial charge in [0.1, 0.15) is 11.6 Å². The highest BCUT2D eigenvalue weighted by Gasteiger charge is 2.45. The summed E-state index contributed by atoms with van der Waals surface area (Å²) in [5, 5.41) is 8.62. The van der Waals surface area contributed by atoms with Gasteiger partial charge in [-0.25, -0.2) is 9.78 Å². The van der Waals surface area contributed by atoms with Crippen molar-refractivity contribution in [3.8, 4) is 27.6 Å². The summed E-state index contributed by atoms with van der Waals surface area (Å²) in [7, 11) is 1.68. The number of halogens is 3. The van der Waals surface area contributed by atoms with Crippen LogP contribution in [0.25, 0.3) is 31.9 Å². The van der Waals surface area contributed by atoms with E-state index in [1.54, 1.807) is 19.4 Å². The fourth-order valence-corrected chi connectivity index (χ4v) is 9.22. The molecule has 1 aliphatic carbocycles. The van der Waals surface area contributed by atoms with Crippen molar-refractivity contribution in [3.63, 3.8) is 0 Å². The van der Waals surface area contributed by atoms with Crippen LogP contribution >= 0.6 is 11.3 Å². The lowest BCUT2D eigenvalue weighted by atomic mass is 9.92. The van der Waals surface area contributed by atoms with Crippen molar-refractivity contribution in [1.29, 1.82) is 0 Å². The summed E-state index contributed by atoms with van der Waals surface area (Å²) in [6, 6.07) is 15.0. The molecule has 10 nitrogen and oxygen atoms in total. The normalized spacial score (nSPS) is 17.8. The number of amides is 1. The molecule has 0 radical (unpaired) electrons. The molecule has 264 valence electrons. The van der Waals surface area contributed by atoms with E-state index in [0.717, 1.165) is 64.1 Å². The van der Waals surface area contributed by atoms with Gasteiger partial charge in [-0.3, -0.25) is 19.3 Å². The summed E-state index contributed by atoms with van der Waals surface area (Å²) in [5.74, 6) is 0.734. The number of H-pyrrole nitrogens is 1. The molecular weight excluding hydrogens is 694 g/mol. The lowest BCUT2D eigenvalue weighted by molar-refractivity contribution is -0.137. The fraction of sp³-hybridized carbons (Fsp3) is 0.289. The van der Waals surface area contributed by atoms with Gasteiger partial charge in [-0.2, -0.15) is 13.2 Å². The molecule has 2 aliphatic heterocycles. The van der Waals surface area contributed by atoms with Crippen LogP contribution in [0.1, 0.15) is 75.3 Å². The summed E-state index contributed by atoms with van der Waals surface area (Å²) in [6.45, 7) is 0.590. The number of carbonyl (C=O) groups is 1. The van der Waals surface area contributed by atoms with Gasteiger partial charge in [-0.1, -0.05) is 35.5 Å². The molecule has 9 rings (SSSR count). The van der Waals surface area contributed by atoms with Crippen LogP contribution in [0, 0.1) is 0 Å². The SMILES string of the molecule is COc1cccc2c1CC[C@H]2Nc1nccc2cc(-c3c4c(nc(CCc5cccc(C(F)(F)F)c5)c3-c3noc(=O)[nH]3)[C@@H]3CCCN3C4=O)sc12. The number of thiophene rings is 1. The Balaban J connectivity index is 1.19. The monoisotopic (exact) mass is 724 g/mol. The molecule has 3 aliphatic rings. The molecule has 4 aromatic heterocycles. The van der Waals surface area contributed by atoms with Crippen molar-refractivity contribution >= 4 is 33.1 Å². The zero-order chi connectivity index (χ0) is 35.7. The zero-order valence-electron chi connectivity index (χ0n) is 27.8. The predicted molar refractivity (Wildman–Crippen MR) is 189 cm³/mol. The Bertz CT molecular complexity index is 2450. The number of methoxy groups -OCH3 is 1. The maximum atomic E-state index is 14.2. The number of nitrogens with zero attached hydrogens (tertiary/aromatic N) is 4. The third kappa shape index (κ3) is 5.35. The number of ether oxygens (including phenoxy) is 1. The van der Waals surface area contributed by atoms with E-state index >= 15 is 0 Å². The van der Waals surface area contributed by atoms with Crippen LogP contribution in [0.3, 0.4) is 0 Å². The molecule has 0 unspecified atom stereocenters. The smallest absolute Gasteiger partial charge is 0.439 e. The number of rotatable bonds is 8. The van der Waals surface area contributed by atoms with Crippen molar-refractivity contribution in [3.05, 3.63) is 111 Å². The van der Waals surface area contributed by atoms with Gasteiger partial charge >= 0.3 is 11.9 Å². The largest absolute Gasteiger partial charge is 0.496 e. The first-order valence-corrected chi connectivity index (χ1v) is 17.9. The molecule has 1 amide bonds. The average molecular weight is 725 g/mol. The fourth-order valence-electron chi connectivity index (χ4n) is 8.05. The molecule has 52 heavy (non-hydrogen) atoms. The number of nitrogens with one attached hydrogen (secondary N) is 2. The molecule has 2 N–H and O–H groups in total. The molecule has 6 aromatic rings. The van der Waals surface area contributed by atoms with E-state index in [2.05, 4.69) is 21.5 Å². The van der Waals surface area contributed by atoms with Gasteiger partial charge in [0.2, 0.25) is 0 Å². The molecule has 0 bridgehead atoms. The van der Waals surface area contributed by atoms with Gasteiger partial charge in [0.05, 0.1) is 52.0 Å². The van der Waals surface area contributed by atoms with Gasteiger partial charge in [0.15, 0.2) is 5.82 Å². The van der Waals surface area contributed by atoms with Crippen molar-refractivity contribution in [2.45, 2.75) is 56.8 Å². The number of anilines is 1. The van der Waals surface area contributed by atoms with E-state index in [1.165, 1.54) is 23.0 Å². The number of fused-ring (bicyclic) bond motifs is 5. The molecule has 0 saturated carbocycles. The van der Waals surface area contributed by atoms with Crippen LogP contribution in [0.2, 0.25) is 0 Å². The maximum absolute atomic E-state index is 14.2. The molecule has 2 aromatic carbocycles. The average Bonchev–Trinajstić information content (AvgIpc) is 3.98. The van der Waals surface area contributed by atoms with Gasteiger partial charge in [0.25, 0.3) is 5.91 Å². The number of hydrogen-bond donors (Lipinski definition) is 2. The standard InChI is InChI=1S/C38H31F3N6O4S/c1-50-27-9-3-7-22-23(27)11-13-24(22)44-35-33-20(14-15-42-35)18-28(52-33)30-29(34-45-37(49)51-46-34)25(12-10-19-5-2-6-21(17-19)38(39,40)41)43-32-26-8-4-16-47(26)36(48)31(30)32/h2-3,5-7,9,14-15,17-18,24,26H,4,8,10-13,16H2,1H3,(H,42,44)(H,45,46,49)/t24-,26+/m1/s1. The molecule has 6 heterocycles. The summed E-state index contributed by atoms with van der Waals surface area (Å²) in [4.78, 5) is 41.6. The second kappa shape index (κ2) is 12.3. The summed E-state index contributed by atoms with van der Waals surface area (Å²) in [6.07, 6.45) is 1.03. The van der Waals surface area contributed by atoms with E-state index in [4.69, 9.17) is 19.2 Å². The summed E-state index contributed by atoms with van der Waals surface area (Å²) in [5.41, 5.74) is 4.65. The lowest BCUT2D eigenvalue weighted by Gasteiger charge is -2.17. The molecule has 0 spiro atoms. The highest BCUT2D eigenvalue weighted by atomic mass is 32.1. The Hall–Kier alpha value is -5.50. The van der Waals surface area contributed by atoms with Crippen molar-refractivity contribution in [1.82, 2.24) is 25.0 Å². The second-order valence-electron chi connectivity index (χ2n) is 13.3. The van der Waals surface area contributed by atoms with E-state index in [9.17, 15) is 22.8 Å². The first-order chi connectivity index (χ1) is 25.2. The third-order valence-corrected chi connectivity index (χ3v) is 11.5. The number of aryl methyl sites for hydroxylation is 2. The summed E-state index contributed by atoms with van der Waals surface area (Å²) < 4.78 is 52.2. The Morgan fingerprint density at radius 3 is 2.73 bits per heavy atom. The number of alkyl halides is 3. The van der Waals surface area contributed by atoms with E-state index in [-0.39, 0.29) is 36.7 Å². The van der Waals surface area contributed by atoms with E-state index < -0.39 is 17.5 Å². The number of carbonyl (C=O) groups excluding carboxylic acids is 1. The van der Waals surface area contributed by atoms with Gasteiger partial charge in [0, 0.05) is 23.2 Å². The van der Waals surface area contributed by atoms with Gasteiger partial charge in [-0.05, 0) is 84.9 Å². The quantitative estimate of drug-likeness (QED) is 0.162. The van der Waals surface area contributed by atoms with Crippen molar-refractivity contribution in [2.24, 2.45) is 0 Å². The number of benzene rings is 2. The highest BCUT2D eigenvalue weighted by molar-refractivity contribution is 7.23. The molecule has 1 fully saturated rings. The second-order valence-corrected chi connectivity index (χ2v) is 14.4. The Labute approximate surface area is 298 Å². The zero-order valence-corrected chi connectivity index (χ0v) is 28.7. The van der Waals surface area contributed by atoms with Gasteiger partial charge in [-0.15, -0.1) is 11.3 Å². The first kappa shape index (κ1) is 32.4. The van der Waals surface area contributed by atoms with Crippen molar-refractivity contribution < 1.29 is 27.2 Å². The van der Waals surface area contributed by atoms with Crippen LogP contribution < -0.4 is 15.8 Å². The first-order valence-electron chi connectivity index (χ1n) is 17.1.